The van der Waals surface area contributed by atoms with Crippen molar-refractivity contribution in [1.82, 2.24) is 9.88 Å². The largest absolute Gasteiger partial charge is 0.382 e. The molecule has 1 atom stereocenters. The second-order valence-corrected chi connectivity index (χ2v) is 10.8. The van der Waals surface area contributed by atoms with Crippen LogP contribution >= 0.6 is 0 Å². The number of benzene rings is 2. The SMILES string of the molecule is Nc1nc2ccc(-c3c(C#CC4CCCCC4)cccc3C3CCCN3C=O)cc2cc1N1CCOCC1. The number of hydrogen-bond donors (Lipinski definition) is 1. The fourth-order valence-corrected chi connectivity index (χ4v) is 6.34. The Labute approximate surface area is 225 Å². The number of likely N-dealkylation sites (tertiary alicyclic amines) is 1. The summed E-state index contributed by atoms with van der Waals surface area (Å²) in [6.45, 7) is 3.81. The molecule has 3 aliphatic rings. The molecule has 0 bridgehead atoms. The van der Waals surface area contributed by atoms with E-state index in [9.17, 15) is 4.79 Å². The monoisotopic (exact) mass is 508 g/mol. The number of aromatic nitrogens is 1. The van der Waals surface area contributed by atoms with E-state index in [4.69, 9.17) is 15.5 Å². The molecule has 3 heterocycles. The van der Waals surface area contributed by atoms with Crippen LogP contribution in [0.25, 0.3) is 22.0 Å². The lowest BCUT2D eigenvalue weighted by Gasteiger charge is -2.29. The minimum Gasteiger partial charge on any atom is -0.382 e. The molecule has 2 N–H and O–H groups in total. The van der Waals surface area contributed by atoms with Crippen molar-refractivity contribution in [3.05, 3.63) is 53.6 Å². The number of amides is 1. The van der Waals surface area contributed by atoms with Crippen LogP contribution < -0.4 is 10.6 Å². The van der Waals surface area contributed by atoms with Crippen molar-refractivity contribution >= 4 is 28.8 Å². The van der Waals surface area contributed by atoms with Gasteiger partial charge in [-0.05, 0) is 61.1 Å². The Bertz CT molecular complexity index is 1380. The van der Waals surface area contributed by atoms with E-state index in [-0.39, 0.29) is 6.04 Å². The average molecular weight is 509 g/mol. The van der Waals surface area contributed by atoms with Gasteiger partial charge in [0.1, 0.15) is 5.82 Å². The number of carbonyl (C=O) groups is 1. The highest BCUT2D eigenvalue weighted by atomic mass is 16.5. The van der Waals surface area contributed by atoms with Crippen molar-refractivity contribution in [3.8, 4) is 23.0 Å². The summed E-state index contributed by atoms with van der Waals surface area (Å²) in [6, 6.07) is 15.1. The third kappa shape index (κ3) is 4.96. The van der Waals surface area contributed by atoms with Gasteiger partial charge in [0.05, 0.1) is 30.5 Å². The molecule has 1 saturated carbocycles. The van der Waals surface area contributed by atoms with Gasteiger partial charge in [-0.2, -0.15) is 0 Å². The fourth-order valence-electron chi connectivity index (χ4n) is 6.34. The summed E-state index contributed by atoms with van der Waals surface area (Å²) in [4.78, 5) is 20.9. The van der Waals surface area contributed by atoms with Crippen molar-refractivity contribution < 1.29 is 9.53 Å². The van der Waals surface area contributed by atoms with Crippen LogP contribution in [0, 0.1) is 17.8 Å². The first-order valence-corrected chi connectivity index (χ1v) is 14.1. The normalized spacial score (nSPS) is 20.4. The lowest BCUT2D eigenvalue weighted by Crippen LogP contribution is -2.36. The molecule has 6 heteroatoms. The predicted octanol–water partition coefficient (Wildman–Crippen LogP) is 5.55. The molecule has 6 rings (SSSR count). The summed E-state index contributed by atoms with van der Waals surface area (Å²) in [5.74, 6) is 8.22. The van der Waals surface area contributed by atoms with E-state index in [0.717, 1.165) is 72.2 Å². The molecule has 0 radical (unpaired) electrons. The Morgan fingerprint density at radius 2 is 1.82 bits per heavy atom. The molecule has 2 aliphatic heterocycles. The quantitative estimate of drug-likeness (QED) is 0.370. The first-order chi connectivity index (χ1) is 18.7. The van der Waals surface area contributed by atoms with Gasteiger partial charge in [0.2, 0.25) is 6.41 Å². The molecule has 2 saturated heterocycles. The van der Waals surface area contributed by atoms with Crippen LogP contribution in [0.2, 0.25) is 0 Å². The molecule has 6 nitrogen and oxygen atoms in total. The van der Waals surface area contributed by atoms with Crippen molar-refractivity contribution in [1.29, 1.82) is 0 Å². The van der Waals surface area contributed by atoms with Gasteiger partial charge in [-0.1, -0.05) is 49.3 Å². The Morgan fingerprint density at radius 1 is 0.974 bits per heavy atom. The zero-order valence-corrected chi connectivity index (χ0v) is 22.0. The first kappa shape index (κ1) is 24.8. The molecular weight excluding hydrogens is 472 g/mol. The molecule has 2 aromatic carbocycles. The van der Waals surface area contributed by atoms with Gasteiger partial charge in [-0.3, -0.25) is 4.79 Å². The van der Waals surface area contributed by atoms with E-state index in [1.807, 2.05) is 4.90 Å². The molecule has 196 valence electrons. The number of morpholine rings is 1. The lowest BCUT2D eigenvalue weighted by molar-refractivity contribution is -0.118. The zero-order valence-electron chi connectivity index (χ0n) is 22.0. The maximum atomic E-state index is 11.9. The highest BCUT2D eigenvalue weighted by Crippen LogP contribution is 2.40. The van der Waals surface area contributed by atoms with E-state index >= 15 is 0 Å². The van der Waals surface area contributed by atoms with Gasteiger partial charge >= 0.3 is 0 Å². The molecular formula is C32H36N4O2. The Kier molecular flexibility index (Phi) is 7.20. The molecule has 3 fully saturated rings. The number of pyridine rings is 1. The predicted molar refractivity (Wildman–Crippen MR) is 153 cm³/mol. The van der Waals surface area contributed by atoms with Crippen LogP contribution in [0.1, 0.15) is 62.1 Å². The van der Waals surface area contributed by atoms with Gasteiger partial charge in [-0.15, -0.1) is 0 Å². The van der Waals surface area contributed by atoms with Crippen LogP contribution in [0.5, 0.6) is 0 Å². The van der Waals surface area contributed by atoms with Crippen molar-refractivity contribution in [2.75, 3.05) is 43.5 Å². The number of nitrogens with two attached hydrogens (primary N) is 1. The Hall–Kier alpha value is -3.56. The fraction of sp³-hybridized carbons (Fsp3) is 0.438. The first-order valence-electron chi connectivity index (χ1n) is 14.1. The summed E-state index contributed by atoms with van der Waals surface area (Å²) in [5.41, 5.74) is 12.7. The van der Waals surface area contributed by atoms with Crippen LogP contribution in [0.15, 0.2) is 42.5 Å². The second-order valence-electron chi connectivity index (χ2n) is 10.8. The van der Waals surface area contributed by atoms with Crippen molar-refractivity contribution in [2.24, 2.45) is 5.92 Å². The van der Waals surface area contributed by atoms with E-state index in [2.05, 4.69) is 59.2 Å². The van der Waals surface area contributed by atoms with E-state index < -0.39 is 0 Å². The smallest absolute Gasteiger partial charge is 0.210 e. The third-order valence-corrected chi connectivity index (χ3v) is 8.36. The zero-order chi connectivity index (χ0) is 25.9. The van der Waals surface area contributed by atoms with E-state index in [1.54, 1.807) is 0 Å². The average Bonchev–Trinajstić information content (AvgIpc) is 3.45. The number of nitrogens with zero attached hydrogens (tertiary/aromatic N) is 3. The Morgan fingerprint density at radius 3 is 2.63 bits per heavy atom. The molecule has 1 aromatic heterocycles. The second kappa shape index (κ2) is 11.0. The molecule has 1 amide bonds. The summed E-state index contributed by atoms with van der Waals surface area (Å²) in [7, 11) is 0. The molecule has 1 unspecified atom stereocenters. The van der Waals surface area contributed by atoms with Crippen molar-refractivity contribution in [2.45, 2.75) is 51.0 Å². The highest BCUT2D eigenvalue weighted by Gasteiger charge is 2.28. The van der Waals surface area contributed by atoms with Crippen LogP contribution in [0.4, 0.5) is 11.5 Å². The van der Waals surface area contributed by atoms with E-state index in [1.165, 1.54) is 37.7 Å². The number of rotatable bonds is 4. The minimum absolute atomic E-state index is 0.0723. The van der Waals surface area contributed by atoms with Crippen LogP contribution in [-0.4, -0.2) is 49.1 Å². The van der Waals surface area contributed by atoms with Gasteiger partial charge in [0.15, 0.2) is 0 Å². The summed E-state index contributed by atoms with van der Waals surface area (Å²) < 4.78 is 5.54. The van der Waals surface area contributed by atoms with Gasteiger partial charge < -0.3 is 20.3 Å². The van der Waals surface area contributed by atoms with E-state index in [0.29, 0.717) is 24.9 Å². The summed E-state index contributed by atoms with van der Waals surface area (Å²) >= 11 is 0. The Balaban J connectivity index is 1.47. The molecule has 1 aliphatic carbocycles. The number of hydrogen-bond acceptors (Lipinski definition) is 5. The number of carbonyl (C=O) groups excluding carboxylic acids is 1. The van der Waals surface area contributed by atoms with Crippen LogP contribution in [0.3, 0.4) is 0 Å². The lowest BCUT2D eigenvalue weighted by atomic mass is 9.87. The molecule has 0 spiro atoms. The maximum Gasteiger partial charge on any atom is 0.210 e. The topological polar surface area (TPSA) is 71.7 Å². The summed E-state index contributed by atoms with van der Waals surface area (Å²) in [5, 5.41) is 1.05. The summed E-state index contributed by atoms with van der Waals surface area (Å²) in [6.07, 6.45) is 9.24. The third-order valence-electron chi connectivity index (χ3n) is 8.36. The number of ether oxygens (including phenoxy) is 1. The van der Waals surface area contributed by atoms with Crippen molar-refractivity contribution in [3.63, 3.8) is 0 Å². The van der Waals surface area contributed by atoms with Gasteiger partial charge in [0.25, 0.3) is 0 Å². The van der Waals surface area contributed by atoms with Crippen LogP contribution in [-0.2, 0) is 9.53 Å². The van der Waals surface area contributed by atoms with Gasteiger partial charge in [0, 0.05) is 42.1 Å². The van der Waals surface area contributed by atoms with Gasteiger partial charge in [-0.25, -0.2) is 4.98 Å². The number of fused-ring (bicyclic) bond motifs is 1. The minimum atomic E-state index is 0.0723. The maximum absolute atomic E-state index is 11.9. The number of nitrogen functional groups attached to an aromatic ring is 1. The highest BCUT2D eigenvalue weighted by molar-refractivity contribution is 5.91. The molecule has 3 aromatic rings. The number of anilines is 2. The standard InChI is InChI=1S/C32H36N4O2/c33-32-30(35-16-18-38-19-17-35)21-26-20-25(13-14-28(26)34-32)31-24(12-11-23-6-2-1-3-7-23)8-4-9-27(31)29-10-5-15-36(29)22-37/h4,8-9,13-14,20-23,29H,1-3,5-7,10,15-19H2,(H2,33,34). The molecule has 38 heavy (non-hydrogen) atoms.